The number of halogens is 1. The van der Waals surface area contributed by atoms with Crippen molar-refractivity contribution in [3.8, 4) is 0 Å². The van der Waals surface area contributed by atoms with Gasteiger partial charge < -0.3 is 15.0 Å². The van der Waals surface area contributed by atoms with Crippen molar-refractivity contribution < 1.29 is 14.5 Å². The molecule has 0 spiro atoms. The van der Waals surface area contributed by atoms with Crippen molar-refractivity contribution in [3.63, 3.8) is 0 Å². The number of carbonyl (C=O) groups excluding carboxylic acids is 1. The van der Waals surface area contributed by atoms with E-state index >= 15 is 0 Å². The van der Waals surface area contributed by atoms with Gasteiger partial charge in [0.05, 0.1) is 18.1 Å². The second-order valence-corrected chi connectivity index (χ2v) is 7.51. The zero-order chi connectivity index (χ0) is 20.4. The lowest BCUT2D eigenvalue weighted by Crippen LogP contribution is -2.36. The minimum Gasteiger partial charge on any atom is -0.378 e. The van der Waals surface area contributed by atoms with E-state index < -0.39 is 4.92 Å². The zero-order valence-electron chi connectivity index (χ0n) is 15.4. The predicted molar refractivity (Wildman–Crippen MR) is 116 cm³/mol. The fraction of sp³-hybridized carbons (Fsp3) is 0.190. The van der Waals surface area contributed by atoms with E-state index in [1.54, 1.807) is 18.2 Å². The van der Waals surface area contributed by atoms with E-state index in [0.717, 1.165) is 15.2 Å². The molecule has 1 amide bonds. The molecule has 0 atom stereocenters. The first-order chi connectivity index (χ1) is 14.0. The molecule has 0 aromatic heterocycles. The van der Waals surface area contributed by atoms with Crippen LogP contribution in [-0.4, -0.2) is 37.1 Å². The lowest BCUT2D eigenvalue weighted by molar-refractivity contribution is -0.384. The number of anilines is 2. The molecule has 0 saturated carbocycles. The van der Waals surface area contributed by atoms with Crippen molar-refractivity contribution in [1.29, 1.82) is 0 Å². The lowest BCUT2D eigenvalue weighted by Gasteiger charge is -2.28. The molecule has 3 aromatic rings. The second kappa shape index (κ2) is 8.18. The molecule has 7 nitrogen and oxygen atoms in total. The van der Waals surface area contributed by atoms with E-state index in [4.69, 9.17) is 4.74 Å². The van der Waals surface area contributed by atoms with Crippen LogP contribution in [0, 0.1) is 10.1 Å². The van der Waals surface area contributed by atoms with Crippen LogP contribution in [-0.2, 0) is 4.74 Å². The molecule has 0 radical (unpaired) electrons. The number of hydrogen-bond donors (Lipinski definition) is 1. The number of morpholine rings is 1. The van der Waals surface area contributed by atoms with Crippen LogP contribution in [0.4, 0.5) is 17.1 Å². The molecular formula is C21H18BrN3O4. The first-order valence-corrected chi connectivity index (χ1v) is 9.93. The number of nitrogens with one attached hydrogen (secondary N) is 1. The smallest absolute Gasteiger partial charge is 0.294 e. The maximum atomic E-state index is 12.9. The molecule has 0 bridgehead atoms. The number of nitro benzene ring substituents is 1. The van der Waals surface area contributed by atoms with E-state index in [0.29, 0.717) is 43.2 Å². The summed E-state index contributed by atoms with van der Waals surface area (Å²) in [4.78, 5) is 26.0. The molecule has 3 aromatic carbocycles. The highest BCUT2D eigenvalue weighted by atomic mass is 79.9. The Balaban J connectivity index is 1.64. The number of fused-ring (bicyclic) bond motifs is 1. The molecule has 8 heteroatoms. The van der Waals surface area contributed by atoms with Gasteiger partial charge in [-0.15, -0.1) is 0 Å². The number of rotatable bonds is 4. The number of benzene rings is 3. The molecule has 4 rings (SSSR count). The summed E-state index contributed by atoms with van der Waals surface area (Å²) in [5.74, 6) is -0.317. The van der Waals surface area contributed by atoms with E-state index in [1.807, 2.05) is 35.2 Å². The predicted octanol–water partition coefficient (Wildman–Crippen LogP) is 4.60. The summed E-state index contributed by atoms with van der Waals surface area (Å²) < 4.78 is 6.22. The van der Waals surface area contributed by atoms with Gasteiger partial charge in [0.2, 0.25) is 0 Å². The van der Waals surface area contributed by atoms with Crippen LogP contribution in [0.5, 0.6) is 0 Å². The quantitative estimate of drug-likeness (QED) is 0.458. The second-order valence-electron chi connectivity index (χ2n) is 6.65. The number of hydrogen-bond acceptors (Lipinski definition) is 5. The summed E-state index contributed by atoms with van der Waals surface area (Å²) in [6, 6.07) is 15.9. The van der Waals surface area contributed by atoms with Gasteiger partial charge in [-0.05, 0) is 35.0 Å². The molecule has 1 fully saturated rings. The number of amides is 1. The number of nitro groups is 1. The van der Waals surface area contributed by atoms with Crippen molar-refractivity contribution in [3.05, 3.63) is 74.7 Å². The molecule has 0 aliphatic carbocycles. The van der Waals surface area contributed by atoms with Gasteiger partial charge in [-0.3, -0.25) is 14.9 Å². The Morgan fingerprint density at radius 3 is 2.55 bits per heavy atom. The molecule has 1 saturated heterocycles. The third-order valence-electron chi connectivity index (χ3n) is 4.90. The van der Waals surface area contributed by atoms with Crippen LogP contribution in [0.25, 0.3) is 10.8 Å². The summed E-state index contributed by atoms with van der Waals surface area (Å²) in [6.07, 6.45) is 0. The van der Waals surface area contributed by atoms with E-state index in [1.165, 1.54) is 6.07 Å². The van der Waals surface area contributed by atoms with Crippen LogP contribution < -0.4 is 10.2 Å². The van der Waals surface area contributed by atoms with Crippen molar-refractivity contribution in [1.82, 2.24) is 0 Å². The Hall–Kier alpha value is -2.97. The molecule has 29 heavy (non-hydrogen) atoms. The summed E-state index contributed by atoms with van der Waals surface area (Å²) in [6.45, 7) is 2.26. The van der Waals surface area contributed by atoms with E-state index in [9.17, 15) is 14.9 Å². The third kappa shape index (κ3) is 3.94. The average molecular weight is 456 g/mol. The minimum absolute atomic E-state index is 0.0367. The monoisotopic (exact) mass is 455 g/mol. The van der Waals surface area contributed by atoms with Gasteiger partial charge in [-0.2, -0.15) is 0 Å². The Kier molecular flexibility index (Phi) is 5.46. The fourth-order valence-corrected chi connectivity index (χ4v) is 3.99. The Morgan fingerprint density at radius 2 is 1.79 bits per heavy atom. The Morgan fingerprint density at radius 1 is 1.07 bits per heavy atom. The Bertz CT molecular complexity index is 1100. The molecular weight excluding hydrogens is 438 g/mol. The van der Waals surface area contributed by atoms with Crippen LogP contribution >= 0.6 is 15.9 Å². The van der Waals surface area contributed by atoms with E-state index in [2.05, 4.69) is 21.2 Å². The number of carbonyl (C=O) groups is 1. The minimum atomic E-state index is -0.421. The van der Waals surface area contributed by atoms with Crippen LogP contribution in [0.15, 0.2) is 59.1 Å². The largest absolute Gasteiger partial charge is 0.378 e. The van der Waals surface area contributed by atoms with E-state index in [-0.39, 0.29) is 11.6 Å². The highest BCUT2D eigenvalue weighted by Gasteiger charge is 2.22. The van der Waals surface area contributed by atoms with Gasteiger partial charge in [0.25, 0.3) is 11.6 Å². The first-order valence-electron chi connectivity index (χ1n) is 9.14. The molecule has 1 heterocycles. The lowest BCUT2D eigenvalue weighted by atomic mass is 10.0. The molecule has 1 N–H and O–H groups in total. The number of nitrogens with zero attached hydrogens (tertiary/aromatic N) is 2. The normalized spacial score (nSPS) is 14.0. The summed E-state index contributed by atoms with van der Waals surface area (Å²) in [7, 11) is 0. The van der Waals surface area contributed by atoms with Crippen molar-refractivity contribution in [2.75, 3.05) is 36.5 Å². The number of ether oxygens (including phenoxy) is 1. The topological polar surface area (TPSA) is 84.7 Å². The van der Waals surface area contributed by atoms with Gasteiger partial charge in [-0.1, -0.05) is 40.2 Å². The van der Waals surface area contributed by atoms with Crippen LogP contribution in [0.2, 0.25) is 0 Å². The van der Waals surface area contributed by atoms with Crippen molar-refractivity contribution >= 4 is 49.7 Å². The Labute approximate surface area is 175 Å². The average Bonchev–Trinajstić information content (AvgIpc) is 2.74. The molecule has 0 unspecified atom stereocenters. The highest BCUT2D eigenvalue weighted by Crippen LogP contribution is 2.32. The van der Waals surface area contributed by atoms with Crippen LogP contribution in [0.1, 0.15) is 10.4 Å². The van der Waals surface area contributed by atoms with Gasteiger partial charge in [-0.25, -0.2) is 0 Å². The summed E-state index contributed by atoms with van der Waals surface area (Å²) >= 11 is 3.50. The van der Waals surface area contributed by atoms with Gasteiger partial charge >= 0.3 is 0 Å². The highest BCUT2D eigenvalue weighted by molar-refractivity contribution is 9.10. The van der Waals surface area contributed by atoms with Gasteiger partial charge in [0, 0.05) is 34.9 Å². The molecule has 1 aliphatic heterocycles. The maximum Gasteiger partial charge on any atom is 0.294 e. The molecule has 148 valence electrons. The fourth-order valence-electron chi connectivity index (χ4n) is 3.49. The summed E-state index contributed by atoms with van der Waals surface area (Å²) in [5.41, 5.74) is 1.38. The first kappa shape index (κ1) is 19.4. The van der Waals surface area contributed by atoms with Crippen LogP contribution in [0.3, 0.4) is 0 Å². The van der Waals surface area contributed by atoms with Gasteiger partial charge in [0.1, 0.15) is 5.69 Å². The molecule has 1 aliphatic rings. The maximum absolute atomic E-state index is 12.9. The standard InChI is InChI=1S/C21H18BrN3O4/c22-18-6-2-3-15-16(18)4-1-5-17(15)21(26)23-14-7-8-19(20(13-14)25(27)28)24-9-11-29-12-10-24/h1-8,13H,9-12H2,(H,23,26). The van der Waals surface area contributed by atoms with Crippen molar-refractivity contribution in [2.45, 2.75) is 0 Å². The van der Waals surface area contributed by atoms with Crippen molar-refractivity contribution in [2.24, 2.45) is 0 Å². The summed E-state index contributed by atoms with van der Waals surface area (Å²) in [5, 5.41) is 16.1. The third-order valence-corrected chi connectivity index (χ3v) is 5.59. The zero-order valence-corrected chi connectivity index (χ0v) is 17.0. The SMILES string of the molecule is O=C(Nc1ccc(N2CCOCC2)c([N+](=O)[O-])c1)c1cccc2c(Br)cccc12. The van der Waals surface area contributed by atoms with Gasteiger partial charge in [0.15, 0.2) is 0 Å².